The number of unbranched alkanes of at least 4 members (excludes halogenated alkanes) is 2. The van der Waals surface area contributed by atoms with Crippen LogP contribution in [0.15, 0.2) is 72.8 Å². The second-order valence-electron chi connectivity index (χ2n) is 8.19. The summed E-state index contributed by atoms with van der Waals surface area (Å²) in [6.07, 6.45) is 2.71. The van der Waals surface area contributed by atoms with Gasteiger partial charge in [-0.3, -0.25) is 4.90 Å². The summed E-state index contributed by atoms with van der Waals surface area (Å²) in [6, 6.07) is 24.0. The lowest BCUT2D eigenvalue weighted by Gasteiger charge is -2.25. The van der Waals surface area contributed by atoms with Crippen molar-refractivity contribution < 1.29 is 15.2 Å². The molecule has 0 aliphatic rings. The first-order valence-corrected chi connectivity index (χ1v) is 11.2. The van der Waals surface area contributed by atoms with Gasteiger partial charge in [0.25, 0.3) is 0 Å². The fourth-order valence-corrected chi connectivity index (χ4v) is 4.33. The van der Waals surface area contributed by atoms with E-state index in [1.807, 2.05) is 54.6 Å². The third-order valence-corrected chi connectivity index (χ3v) is 5.94. The predicted octanol–water partition coefficient (Wildman–Crippen LogP) is 3.23. The fraction of sp³-hybridized carbons (Fsp3) is 0.269. The van der Waals surface area contributed by atoms with Crippen LogP contribution >= 0.6 is 0 Å². The number of fused-ring (bicyclic) bond motifs is 2. The van der Waals surface area contributed by atoms with E-state index in [2.05, 4.69) is 17.0 Å². The topological polar surface area (TPSA) is 76.8 Å². The quantitative estimate of drug-likeness (QED) is 0.205. The Hall–Kier alpha value is -2.77. The Labute approximate surface area is 189 Å². The van der Waals surface area contributed by atoms with E-state index in [0.717, 1.165) is 59.7 Å². The van der Waals surface area contributed by atoms with Crippen molar-refractivity contribution in [1.82, 2.24) is 9.88 Å². The monoisotopic (exact) mass is 428 g/mol. The van der Waals surface area contributed by atoms with Crippen molar-refractivity contribution in [1.29, 1.82) is 0 Å². The first-order valence-electron chi connectivity index (χ1n) is 11.2. The van der Waals surface area contributed by atoms with Crippen molar-refractivity contribution in [3.63, 3.8) is 0 Å². The molecule has 164 valence electrons. The molecule has 0 aliphatic heterocycles. The molecule has 4 aromatic rings. The Morgan fingerprint density at radius 1 is 0.719 bits per heavy atom. The summed E-state index contributed by atoms with van der Waals surface area (Å²) in [6.45, 7) is 2.39. The van der Waals surface area contributed by atoms with Crippen molar-refractivity contribution in [3.8, 4) is 0 Å². The van der Waals surface area contributed by atoms with Gasteiger partial charge in [-0.05, 0) is 54.5 Å². The Kier molecular flexibility index (Phi) is 7.50. The number of aromatic nitrogens is 1. The maximum atomic E-state index is 9.84. The summed E-state index contributed by atoms with van der Waals surface area (Å²) < 4.78 is 0. The molecule has 0 saturated heterocycles. The van der Waals surface area contributed by atoms with Crippen LogP contribution in [0.2, 0.25) is 0 Å². The molecule has 4 rings (SSSR count). The van der Waals surface area contributed by atoms with Crippen LogP contribution in [0.4, 0.5) is 0 Å². The van der Waals surface area contributed by atoms with Crippen LogP contribution in [0, 0.1) is 0 Å². The van der Waals surface area contributed by atoms with Crippen LogP contribution in [0.3, 0.4) is 0 Å². The average Bonchev–Trinajstić information content (AvgIpc) is 2.81. The van der Waals surface area contributed by atoms with Gasteiger partial charge in [-0.1, -0.05) is 60.7 Å². The third kappa shape index (κ3) is 5.17. The lowest BCUT2D eigenvalue weighted by atomic mass is 9.77. The first kappa shape index (κ1) is 22.4. The Morgan fingerprint density at radius 2 is 1.34 bits per heavy atom. The van der Waals surface area contributed by atoms with Gasteiger partial charge >= 0.3 is 7.12 Å². The highest BCUT2D eigenvalue weighted by molar-refractivity contribution is 6.59. The van der Waals surface area contributed by atoms with Gasteiger partial charge in [-0.25, -0.2) is 4.98 Å². The van der Waals surface area contributed by atoms with E-state index in [1.54, 1.807) is 6.07 Å². The third-order valence-electron chi connectivity index (χ3n) is 5.94. The molecule has 0 fully saturated rings. The van der Waals surface area contributed by atoms with Gasteiger partial charge in [-0.2, -0.15) is 0 Å². The van der Waals surface area contributed by atoms with E-state index in [1.165, 1.54) is 5.56 Å². The van der Waals surface area contributed by atoms with E-state index in [9.17, 15) is 10.0 Å². The number of hydrogen-bond acceptors (Lipinski definition) is 5. The molecule has 5 nitrogen and oxygen atoms in total. The number of aliphatic hydroxyl groups is 1. The molecule has 0 saturated carbocycles. The van der Waals surface area contributed by atoms with Gasteiger partial charge < -0.3 is 15.2 Å². The summed E-state index contributed by atoms with van der Waals surface area (Å²) in [7, 11) is -1.50. The minimum atomic E-state index is -1.50. The number of rotatable bonds is 10. The minimum Gasteiger partial charge on any atom is -0.423 e. The molecule has 0 aliphatic carbocycles. The highest BCUT2D eigenvalue weighted by atomic mass is 16.4. The molecule has 3 N–H and O–H groups in total. The maximum Gasteiger partial charge on any atom is 0.488 e. The summed E-state index contributed by atoms with van der Waals surface area (Å²) in [5.41, 5.74) is 4.64. The van der Waals surface area contributed by atoms with Crippen LogP contribution in [0.25, 0.3) is 21.8 Å². The molecule has 0 radical (unpaired) electrons. The zero-order valence-corrected chi connectivity index (χ0v) is 18.2. The van der Waals surface area contributed by atoms with Gasteiger partial charge in [0.15, 0.2) is 0 Å². The van der Waals surface area contributed by atoms with Crippen LogP contribution < -0.4 is 5.46 Å². The second-order valence-corrected chi connectivity index (χ2v) is 8.19. The van der Waals surface area contributed by atoms with E-state index >= 15 is 0 Å². The van der Waals surface area contributed by atoms with E-state index in [0.29, 0.717) is 12.0 Å². The van der Waals surface area contributed by atoms with Gasteiger partial charge in [0.05, 0.1) is 11.0 Å². The molecule has 32 heavy (non-hydrogen) atoms. The largest absolute Gasteiger partial charge is 0.488 e. The van der Waals surface area contributed by atoms with Gasteiger partial charge in [0.2, 0.25) is 0 Å². The average molecular weight is 428 g/mol. The molecule has 0 amide bonds. The summed E-state index contributed by atoms with van der Waals surface area (Å²) in [4.78, 5) is 7.19. The Morgan fingerprint density at radius 3 is 2.00 bits per heavy atom. The number of nitrogens with zero attached hydrogens (tertiary/aromatic N) is 2. The summed E-state index contributed by atoms with van der Waals surface area (Å²) in [5.74, 6) is 0. The second kappa shape index (κ2) is 10.7. The van der Waals surface area contributed by atoms with E-state index in [4.69, 9.17) is 10.1 Å². The van der Waals surface area contributed by atoms with Gasteiger partial charge in [0.1, 0.15) is 0 Å². The molecular weight excluding hydrogens is 399 g/mol. The van der Waals surface area contributed by atoms with E-state index in [-0.39, 0.29) is 6.61 Å². The first-order chi connectivity index (χ1) is 15.7. The number of para-hydroxylation sites is 2. The smallest absolute Gasteiger partial charge is 0.423 e. The van der Waals surface area contributed by atoms with Crippen molar-refractivity contribution in [2.24, 2.45) is 0 Å². The Balaban J connectivity index is 1.71. The Bertz CT molecular complexity index is 1130. The van der Waals surface area contributed by atoms with Crippen LogP contribution in [-0.2, 0) is 13.1 Å². The van der Waals surface area contributed by atoms with Gasteiger partial charge in [-0.15, -0.1) is 0 Å². The zero-order chi connectivity index (χ0) is 22.3. The summed E-state index contributed by atoms with van der Waals surface area (Å²) in [5, 5.41) is 31.1. The van der Waals surface area contributed by atoms with E-state index < -0.39 is 7.12 Å². The van der Waals surface area contributed by atoms with Crippen LogP contribution in [0.1, 0.15) is 30.4 Å². The standard InChI is InChI=1S/C26H29BN2O3/c30-17-9-1-8-16-29(18-20-10-2-5-13-24(20)27(31)32)19-23-21-11-3-6-14-25(21)28-26-15-7-4-12-22(23)26/h2-7,10-15,30-32H,1,8-9,16-19H2. The molecular formula is C26H29BN2O3. The molecule has 3 aromatic carbocycles. The fourth-order valence-electron chi connectivity index (χ4n) is 4.33. The lowest BCUT2D eigenvalue weighted by molar-refractivity contribution is 0.241. The summed E-state index contributed by atoms with van der Waals surface area (Å²) >= 11 is 0. The zero-order valence-electron chi connectivity index (χ0n) is 18.2. The molecule has 1 heterocycles. The number of aliphatic hydroxyl groups excluding tert-OH is 1. The highest BCUT2D eigenvalue weighted by Crippen LogP contribution is 2.27. The number of hydrogen-bond donors (Lipinski definition) is 3. The molecule has 1 aromatic heterocycles. The maximum absolute atomic E-state index is 9.84. The normalized spacial score (nSPS) is 11.5. The van der Waals surface area contributed by atoms with Crippen molar-refractivity contribution in [2.45, 2.75) is 32.4 Å². The van der Waals surface area contributed by atoms with Crippen molar-refractivity contribution in [3.05, 3.63) is 83.9 Å². The van der Waals surface area contributed by atoms with Crippen molar-refractivity contribution >= 4 is 34.4 Å². The molecule has 0 spiro atoms. The SMILES string of the molecule is OCCCCCN(Cc1ccccc1B(O)O)Cc1c2ccccc2nc2ccccc12. The number of benzene rings is 3. The minimum absolute atomic E-state index is 0.208. The van der Waals surface area contributed by atoms with Gasteiger partial charge in [0, 0.05) is 30.5 Å². The lowest BCUT2D eigenvalue weighted by Crippen LogP contribution is -2.36. The predicted molar refractivity (Wildman–Crippen MR) is 131 cm³/mol. The van der Waals surface area contributed by atoms with Crippen LogP contribution in [0.5, 0.6) is 0 Å². The molecule has 6 heteroatoms. The van der Waals surface area contributed by atoms with Crippen molar-refractivity contribution in [2.75, 3.05) is 13.2 Å². The number of pyridine rings is 1. The van der Waals surface area contributed by atoms with Crippen LogP contribution in [-0.4, -0.2) is 45.3 Å². The molecule has 0 atom stereocenters. The molecule has 0 unspecified atom stereocenters. The molecule has 0 bridgehead atoms. The highest BCUT2D eigenvalue weighted by Gasteiger charge is 2.19.